The molecule has 2 aromatic carbocycles. The molecule has 25 heavy (non-hydrogen) atoms. The Kier molecular flexibility index (Phi) is 5.74. The molecule has 1 aliphatic rings. The predicted octanol–water partition coefficient (Wildman–Crippen LogP) is 3.64. The second-order valence-electron chi connectivity index (χ2n) is 6.55. The lowest BCUT2D eigenvalue weighted by Gasteiger charge is -2.38. The first-order valence-corrected chi connectivity index (χ1v) is 8.86. The molecule has 1 fully saturated rings. The van der Waals surface area contributed by atoms with Crippen molar-refractivity contribution in [2.24, 2.45) is 5.92 Å². The van der Waals surface area contributed by atoms with E-state index < -0.39 is 5.97 Å². The number of carbonyl (C=O) groups is 1. The minimum atomic E-state index is -0.963. The van der Waals surface area contributed by atoms with Gasteiger partial charge in [-0.15, -0.1) is 0 Å². The van der Waals surface area contributed by atoms with Crippen molar-refractivity contribution in [3.63, 3.8) is 0 Å². The fourth-order valence-corrected chi connectivity index (χ4v) is 3.95. The van der Waals surface area contributed by atoms with Crippen molar-refractivity contribution in [2.45, 2.75) is 18.9 Å². The number of carboxylic acid groups (broad SMARTS) is 1. The minimum absolute atomic E-state index is 0.115. The molecule has 0 bridgehead atoms. The van der Waals surface area contributed by atoms with Crippen LogP contribution in [-0.2, 0) is 6.54 Å². The van der Waals surface area contributed by atoms with Crippen LogP contribution in [-0.4, -0.2) is 40.8 Å². The maximum atomic E-state index is 11.5. The molecule has 2 aromatic rings. The van der Waals surface area contributed by atoms with Crippen LogP contribution < -0.4 is 0 Å². The van der Waals surface area contributed by atoms with E-state index in [0.717, 1.165) is 19.5 Å². The van der Waals surface area contributed by atoms with Crippen LogP contribution in [0.1, 0.15) is 33.8 Å². The molecule has 0 radical (unpaired) electrons. The third kappa shape index (κ3) is 4.03. The topological polar surface area (TPSA) is 60.8 Å². The van der Waals surface area contributed by atoms with Gasteiger partial charge < -0.3 is 10.2 Å². The van der Waals surface area contributed by atoms with Crippen molar-refractivity contribution < 1.29 is 15.0 Å². The molecular weight excluding hydrogens is 338 g/mol. The van der Waals surface area contributed by atoms with Crippen LogP contribution in [0.4, 0.5) is 0 Å². The highest BCUT2D eigenvalue weighted by atomic mass is 35.5. The number of rotatable bonds is 5. The molecule has 3 rings (SSSR count). The van der Waals surface area contributed by atoms with Gasteiger partial charge in [-0.1, -0.05) is 48.0 Å². The Hall–Kier alpha value is -1.88. The molecule has 132 valence electrons. The molecule has 1 heterocycles. The molecule has 0 saturated carbocycles. The summed E-state index contributed by atoms with van der Waals surface area (Å²) < 4.78 is 0. The fraction of sp³-hybridized carbons (Fsp3) is 0.350. The molecule has 5 heteroatoms. The number of hydrogen-bond donors (Lipinski definition) is 2. The Bertz CT molecular complexity index is 735. The van der Waals surface area contributed by atoms with Crippen molar-refractivity contribution >= 4 is 17.6 Å². The summed E-state index contributed by atoms with van der Waals surface area (Å²) in [6.07, 6.45) is 0.933. The first-order valence-electron chi connectivity index (χ1n) is 8.49. The van der Waals surface area contributed by atoms with E-state index >= 15 is 0 Å². The predicted molar refractivity (Wildman–Crippen MR) is 98.1 cm³/mol. The van der Waals surface area contributed by atoms with Gasteiger partial charge in [0.25, 0.3) is 0 Å². The third-order valence-electron chi connectivity index (χ3n) is 5.01. The monoisotopic (exact) mass is 359 g/mol. The quantitative estimate of drug-likeness (QED) is 0.855. The number of hydrogen-bond acceptors (Lipinski definition) is 3. The van der Waals surface area contributed by atoms with E-state index in [2.05, 4.69) is 17.0 Å². The van der Waals surface area contributed by atoms with Crippen LogP contribution in [0.2, 0.25) is 5.02 Å². The Balaban J connectivity index is 1.76. The van der Waals surface area contributed by atoms with E-state index in [1.54, 1.807) is 18.2 Å². The molecular formula is C20H22ClNO3. The lowest BCUT2D eigenvalue weighted by atomic mass is 9.81. The first kappa shape index (κ1) is 17.9. The zero-order chi connectivity index (χ0) is 17.8. The third-order valence-corrected chi connectivity index (χ3v) is 5.37. The normalized spacial score (nSPS) is 21.2. The standard InChI is InChI=1S/C20H22ClNO3/c21-19-8-4-7-17(20(24)25)18(19)12-22-10-9-16(15(11-22)13-23)14-5-2-1-3-6-14/h1-8,15-16,23H,9-13H2,(H,24,25)/t15-,16+/m0/s1. The van der Waals surface area contributed by atoms with Crippen LogP contribution in [0.15, 0.2) is 48.5 Å². The van der Waals surface area contributed by atoms with Gasteiger partial charge in [0, 0.05) is 30.6 Å². The number of aliphatic hydroxyl groups excluding tert-OH is 1. The van der Waals surface area contributed by atoms with Gasteiger partial charge in [0.05, 0.1) is 5.56 Å². The van der Waals surface area contributed by atoms with Crippen molar-refractivity contribution in [1.82, 2.24) is 4.90 Å². The summed E-state index contributed by atoms with van der Waals surface area (Å²) in [5.74, 6) is -0.505. The summed E-state index contributed by atoms with van der Waals surface area (Å²) in [5.41, 5.74) is 2.15. The molecule has 0 unspecified atom stereocenters. The van der Waals surface area contributed by atoms with Gasteiger partial charge in [0.15, 0.2) is 0 Å². The molecule has 2 N–H and O–H groups in total. The maximum absolute atomic E-state index is 11.5. The van der Waals surface area contributed by atoms with E-state index in [0.29, 0.717) is 23.0 Å². The Morgan fingerprint density at radius 3 is 2.60 bits per heavy atom. The smallest absolute Gasteiger partial charge is 0.336 e. The Morgan fingerprint density at radius 1 is 1.16 bits per heavy atom. The number of carboxylic acids is 1. The highest BCUT2D eigenvalue weighted by molar-refractivity contribution is 6.31. The van der Waals surface area contributed by atoms with Crippen molar-refractivity contribution in [1.29, 1.82) is 0 Å². The van der Waals surface area contributed by atoms with Gasteiger partial charge in [-0.25, -0.2) is 4.79 Å². The number of nitrogens with zero attached hydrogens (tertiary/aromatic N) is 1. The van der Waals surface area contributed by atoms with Crippen LogP contribution in [0.5, 0.6) is 0 Å². The Labute approximate surface area is 152 Å². The molecule has 1 aliphatic heterocycles. The average molecular weight is 360 g/mol. The SMILES string of the molecule is O=C(O)c1cccc(Cl)c1CN1CC[C@H](c2ccccc2)[C@H](CO)C1. The summed E-state index contributed by atoms with van der Waals surface area (Å²) in [7, 11) is 0. The zero-order valence-corrected chi connectivity index (χ0v) is 14.7. The summed E-state index contributed by atoms with van der Waals surface area (Å²) in [4.78, 5) is 13.6. The second-order valence-corrected chi connectivity index (χ2v) is 6.96. The average Bonchev–Trinajstić information content (AvgIpc) is 2.63. The number of likely N-dealkylation sites (tertiary alicyclic amines) is 1. The highest BCUT2D eigenvalue weighted by Gasteiger charge is 2.30. The minimum Gasteiger partial charge on any atom is -0.478 e. The maximum Gasteiger partial charge on any atom is 0.336 e. The van der Waals surface area contributed by atoms with Gasteiger partial charge in [-0.05, 0) is 42.1 Å². The summed E-state index contributed by atoms with van der Waals surface area (Å²) >= 11 is 6.25. The Morgan fingerprint density at radius 2 is 1.92 bits per heavy atom. The van der Waals surface area contributed by atoms with Gasteiger partial charge in [0.2, 0.25) is 0 Å². The van der Waals surface area contributed by atoms with E-state index in [1.807, 2.05) is 18.2 Å². The molecule has 0 spiro atoms. The molecule has 1 saturated heterocycles. The molecule has 4 nitrogen and oxygen atoms in total. The highest BCUT2D eigenvalue weighted by Crippen LogP contribution is 2.34. The van der Waals surface area contributed by atoms with Gasteiger partial charge in [-0.3, -0.25) is 4.90 Å². The van der Waals surface area contributed by atoms with Gasteiger partial charge in [0.1, 0.15) is 0 Å². The zero-order valence-electron chi connectivity index (χ0n) is 13.9. The first-order chi connectivity index (χ1) is 12.1. The van der Waals surface area contributed by atoms with Crippen LogP contribution in [0.3, 0.4) is 0 Å². The molecule has 2 atom stereocenters. The van der Waals surface area contributed by atoms with Gasteiger partial charge >= 0.3 is 5.97 Å². The molecule has 0 amide bonds. The second kappa shape index (κ2) is 8.00. The summed E-state index contributed by atoms with van der Waals surface area (Å²) in [5, 5.41) is 19.7. The number of piperidine rings is 1. The molecule has 0 aliphatic carbocycles. The lowest BCUT2D eigenvalue weighted by Crippen LogP contribution is -2.40. The number of benzene rings is 2. The fourth-order valence-electron chi connectivity index (χ4n) is 3.72. The van der Waals surface area contributed by atoms with Crippen LogP contribution in [0.25, 0.3) is 0 Å². The van der Waals surface area contributed by atoms with Crippen LogP contribution >= 0.6 is 11.6 Å². The number of aromatic carboxylic acids is 1. The van der Waals surface area contributed by atoms with E-state index in [9.17, 15) is 15.0 Å². The van der Waals surface area contributed by atoms with E-state index in [1.165, 1.54) is 5.56 Å². The largest absolute Gasteiger partial charge is 0.478 e. The van der Waals surface area contributed by atoms with E-state index in [-0.39, 0.29) is 18.1 Å². The summed E-state index contributed by atoms with van der Waals surface area (Å²) in [6, 6.07) is 15.2. The van der Waals surface area contributed by atoms with E-state index in [4.69, 9.17) is 11.6 Å². The number of halogens is 1. The van der Waals surface area contributed by atoms with Crippen molar-refractivity contribution in [3.8, 4) is 0 Å². The van der Waals surface area contributed by atoms with Crippen molar-refractivity contribution in [2.75, 3.05) is 19.7 Å². The van der Waals surface area contributed by atoms with Gasteiger partial charge in [-0.2, -0.15) is 0 Å². The lowest BCUT2D eigenvalue weighted by molar-refractivity contribution is 0.0690. The van der Waals surface area contributed by atoms with Crippen LogP contribution in [0, 0.1) is 5.92 Å². The van der Waals surface area contributed by atoms with Crippen molar-refractivity contribution in [3.05, 3.63) is 70.2 Å². The summed E-state index contributed by atoms with van der Waals surface area (Å²) in [6.45, 7) is 2.17. The number of aliphatic hydroxyl groups is 1. The molecule has 0 aromatic heterocycles.